The van der Waals surface area contributed by atoms with Gasteiger partial charge < -0.3 is 19.4 Å². The topological polar surface area (TPSA) is 146 Å². The third-order valence-electron chi connectivity index (χ3n) is 5.05. The number of rotatable bonds is 6. The number of hydrogen-bond donors (Lipinski definition) is 3. The standard InChI is InChI=1S/C20H19N9O3/c21-27-26-20(30)13-9-16(32-12-13)15-11-24-18(19-22-3-4-29(15)19)25-14-1-2-17(23-10-14)28-5-7-31-8-6-28/h1-4,9-12H,5-8H2,(H,24,25)(H2,21,26,30). The minimum absolute atomic E-state index is 0.248. The molecule has 3 N–H and O–H groups in total. The van der Waals surface area contributed by atoms with Crippen molar-refractivity contribution in [2.24, 2.45) is 5.22 Å². The smallest absolute Gasteiger partial charge is 0.276 e. The second kappa shape index (κ2) is 8.43. The number of anilines is 3. The van der Waals surface area contributed by atoms with Crippen molar-refractivity contribution in [3.8, 4) is 11.5 Å². The van der Waals surface area contributed by atoms with Gasteiger partial charge in [0.05, 0.1) is 36.9 Å². The van der Waals surface area contributed by atoms with Crippen LogP contribution >= 0.6 is 0 Å². The summed E-state index contributed by atoms with van der Waals surface area (Å²) in [7, 11) is 0. The number of aromatic nitrogens is 4. The summed E-state index contributed by atoms with van der Waals surface area (Å²) in [5, 5.41) is 6.13. The molecule has 1 saturated heterocycles. The first kappa shape index (κ1) is 19.6. The quantitative estimate of drug-likeness (QED) is 0.311. The van der Waals surface area contributed by atoms with Crippen molar-refractivity contribution < 1.29 is 13.9 Å². The van der Waals surface area contributed by atoms with E-state index in [1.54, 1.807) is 35.3 Å². The van der Waals surface area contributed by atoms with Gasteiger partial charge in [-0.2, -0.15) is 5.53 Å². The van der Waals surface area contributed by atoms with Gasteiger partial charge in [0.15, 0.2) is 17.2 Å². The molecule has 0 unspecified atom stereocenters. The Morgan fingerprint density at radius 3 is 2.81 bits per heavy atom. The lowest BCUT2D eigenvalue weighted by Crippen LogP contribution is -2.36. The number of fused-ring (bicyclic) bond motifs is 1. The lowest BCUT2D eigenvalue weighted by atomic mass is 10.2. The van der Waals surface area contributed by atoms with Gasteiger partial charge in [-0.3, -0.25) is 9.20 Å². The molecule has 0 saturated carbocycles. The highest BCUT2D eigenvalue weighted by Crippen LogP contribution is 2.27. The van der Waals surface area contributed by atoms with Crippen molar-refractivity contribution in [2.45, 2.75) is 0 Å². The van der Waals surface area contributed by atoms with E-state index < -0.39 is 5.91 Å². The van der Waals surface area contributed by atoms with Gasteiger partial charge in [0, 0.05) is 25.5 Å². The van der Waals surface area contributed by atoms with Crippen molar-refractivity contribution in [3.05, 3.63) is 54.8 Å². The number of hydrogen-bond acceptors (Lipinski definition) is 10. The van der Waals surface area contributed by atoms with Gasteiger partial charge in [-0.15, -0.1) is 0 Å². The van der Waals surface area contributed by atoms with E-state index in [1.165, 1.54) is 6.26 Å². The van der Waals surface area contributed by atoms with E-state index in [1.807, 2.05) is 12.1 Å². The largest absolute Gasteiger partial charge is 0.462 e. The Morgan fingerprint density at radius 1 is 1.16 bits per heavy atom. The minimum atomic E-state index is -0.531. The van der Waals surface area contributed by atoms with Crippen LogP contribution in [-0.2, 0) is 4.74 Å². The van der Waals surface area contributed by atoms with Crippen molar-refractivity contribution in [1.29, 1.82) is 5.53 Å². The van der Waals surface area contributed by atoms with Crippen LogP contribution in [0.4, 0.5) is 17.3 Å². The van der Waals surface area contributed by atoms with Gasteiger partial charge in [-0.1, -0.05) is 5.22 Å². The predicted octanol–water partition coefficient (Wildman–Crippen LogP) is 2.64. The molecule has 1 aliphatic rings. The zero-order valence-electron chi connectivity index (χ0n) is 16.9. The summed E-state index contributed by atoms with van der Waals surface area (Å²) in [6.45, 7) is 3.06. The Labute approximate surface area is 181 Å². The number of nitrogens with one attached hydrogen (secondary N) is 3. The number of ether oxygens (including phenoxy) is 1. The fourth-order valence-corrected chi connectivity index (χ4v) is 3.47. The molecule has 5 rings (SSSR count). The van der Waals surface area contributed by atoms with Gasteiger partial charge in [-0.25, -0.2) is 20.4 Å². The molecule has 12 nitrogen and oxygen atoms in total. The first-order valence-electron chi connectivity index (χ1n) is 9.86. The van der Waals surface area contributed by atoms with Crippen LogP contribution in [0.15, 0.2) is 58.9 Å². The highest BCUT2D eigenvalue weighted by atomic mass is 16.5. The Hall–Kier alpha value is -4.32. The van der Waals surface area contributed by atoms with Crippen LogP contribution < -0.4 is 15.6 Å². The lowest BCUT2D eigenvalue weighted by Gasteiger charge is -2.27. The van der Waals surface area contributed by atoms with Crippen LogP contribution in [0.5, 0.6) is 0 Å². The van der Waals surface area contributed by atoms with E-state index in [-0.39, 0.29) is 5.56 Å². The van der Waals surface area contributed by atoms with Crippen molar-refractivity contribution in [2.75, 3.05) is 36.5 Å². The van der Waals surface area contributed by atoms with E-state index in [0.717, 1.165) is 24.6 Å². The molecule has 5 heterocycles. The Bertz CT molecular complexity index is 1260. The molecule has 0 aromatic carbocycles. The number of carbonyl (C=O) groups is 1. The fraction of sp³-hybridized carbons (Fsp3) is 0.200. The van der Waals surface area contributed by atoms with Gasteiger partial charge >= 0.3 is 0 Å². The number of amides is 1. The molecule has 1 fully saturated rings. The van der Waals surface area contributed by atoms with Gasteiger partial charge in [0.25, 0.3) is 5.91 Å². The van der Waals surface area contributed by atoms with E-state index in [9.17, 15) is 4.79 Å². The fourth-order valence-electron chi connectivity index (χ4n) is 3.47. The Morgan fingerprint density at radius 2 is 2.03 bits per heavy atom. The zero-order valence-corrected chi connectivity index (χ0v) is 16.9. The van der Waals surface area contributed by atoms with Crippen molar-refractivity contribution in [1.82, 2.24) is 24.8 Å². The molecule has 0 spiro atoms. The summed E-state index contributed by atoms with van der Waals surface area (Å²) < 4.78 is 12.7. The third kappa shape index (κ3) is 3.74. The number of pyridine rings is 1. The SMILES string of the molecule is N=NNC(=O)c1coc(-c2cnc(Nc3ccc(N4CCOCC4)nc3)c3nccn23)c1. The number of imidazole rings is 1. The molecular weight excluding hydrogens is 414 g/mol. The summed E-state index contributed by atoms with van der Waals surface area (Å²) in [4.78, 5) is 27.5. The molecule has 0 aliphatic carbocycles. The molecule has 0 atom stereocenters. The second-order valence-corrected chi connectivity index (χ2v) is 6.99. The molecule has 1 amide bonds. The summed E-state index contributed by atoms with van der Waals surface area (Å²) in [5.41, 5.74) is 11.0. The highest BCUT2D eigenvalue weighted by Gasteiger charge is 2.16. The van der Waals surface area contributed by atoms with Crippen LogP contribution in [-0.4, -0.2) is 51.6 Å². The molecule has 4 aromatic heterocycles. The van der Waals surface area contributed by atoms with E-state index in [0.29, 0.717) is 36.1 Å². The maximum absolute atomic E-state index is 11.8. The summed E-state index contributed by atoms with van der Waals surface area (Å²) in [6.07, 6.45) is 8.11. The number of carbonyl (C=O) groups excluding carboxylic acids is 1. The molecule has 4 aromatic rings. The van der Waals surface area contributed by atoms with Crippen LogP contribution in [0.3, 0.4) is 0 Å². The van der Waals surface area contributed by atoms with Crippen LogP contribution in [0, 0.1) is 5.53 Å². The summed E-state index contributed by atoms with van der Waals surface area (Å²) in [6, 6.07) is 5.46. The molecule has 0 bridgehead atoms. The Balaban J connectivity index is 1.39. The molecule has 12 heteroatoms. The molecular formula is C20H19N9O3. The monoisotopic (exact) mass is 433 g/mol. The maximum atomic E-state index is 11.8. The number of morpholine rings is 1. The van der Waals surface area contributed by atoms with Crippen LogP contribution in [0.1, 0.15) is 10.4 Å². The normalized spacial score (nSPS) is 13.8. The summed E-state index contributed by atoms with van der Waals surface area (Å²) >= 11 is 0. The predicted molar refractivity (Wildman–Crippen MR) is 114 cm³/mol. The van der Waals surface area contributed by atoms with Gasteiger partial charge in [0.2, 0.25) is 0 Å². The highest BCUT2D eigenvalue weighted by molar-refractivity contribution is 5.94. The van der Waals surface area contributed by atoms with Crippen molar-refractivity contribution in [3.63, 3.8) is 0 Å². The summed E-state index contributed by atoms with van der Waals surface area (Å²) in [5.74, 6) is 1.36. The lowest BCUT2D eigenvalue weighted by molar-refractivity contribution is 0.0950. The van der Waals surface area contributed by atoms with E-state index >= 15 is 0 Å². The zero-order chi connectivity index (χ0) is 21.9. The van der Waals surface area contributed by atoms with Crippen LogP contribution in [0.25, 0.3) is 17.1 Å². The van der Waals surface area contributed by atoms with Gasteiger partial charge in [0.1, 0.15) is 17.8 Å². The third-order valence-corrected chi connectivity index (χ3v) is 5.05. The van der Waals surface area contributed by atoms with Crippen LogP contribution in [0.2, 0.25) is 0 Å². The number of furan rings is 1. The Kier molecular flexibility index (Phi) is 5.17. The maximum Gasteiger partial charge on any atom is 0.276 e. The van der Waals surface area contributed by atoms with E-state index in [4.69, 9.17) is 14.7 Å². The van der Waals surface area contributed by atoms with Gasteiger partial charge in [-0.05, 0) is 18.2 Å². The van der Waals surface area contributed by atoms with E-state index in [2.05, 4.69) is 35.8 Å². The molecule has 162 valence electrons. The average Bonchev–Trinajstić information content (AvgIpc) is 3.51. The first-order chi connectivity index (χ1) is 15.7. The number of nitrogens with zero attached hydrogens (tertiary/aromatic N) is 6. The average molecular weight is 433 g/mol. The molecule has 0 radical (unpaired) electrons. The first-order valence-corrected chi connectivity index (χ1v) is 9.86. The second-order valence-electron chi connectivity index (χ2n) is 6.99. The van der Waals surface area contributed by atoms with Crippen molar-refractivity contribution >= 4 is 28.9 Å². The molecule has 1 aliphatic heterocycles. The minimum Gasteiger partial charge on any atom is -0.462 e. The molecule has 32 heavy (non-hydrogen) atoms.